The fourth-order valence-electron chi connectivity index (χ4n) is 3.46. The normalized spacial score (nSPS) is 16.6. The highest BCUT2D eigenvalue weighted by Crippen LogP contribution is 2.31. The Bertz CT molecular complexity index is 882. The second-order valence-corrected chi connectivity index (χ2v) is 6.99. The van der Waals surface area contributed by atoms with Gasteiger partial charge in [-0.3, -0.25) is 9.59 Å². The van der Waals surface area contributed by atoms with Crippen molar-refractivity contribution in [2.24, 2.45) is 0 Å². The SMILES string of the molecule is COc1ccccc1C1CNCCN1C(=O)c1ccc(C(=O)N(C)C)nc1C. The second-order valence-electron chi connectivity index (χ2n) is 6.99. The van der Waals surface area contributed by atoms with Crippen molar-refractivity contribution in [3.8, 4) is 5.75 Å². The van der Waals surface area contributed by atoms with Gasteiger partial charge >= 0.3 is 0 Å². The Morgan fingerprint density at radius 1 is 1.21 bits per heavy atom. The largest absolute Gasteiger partial charge is 0.496 e. The van der Waals surface area contributed by atoms with Crippen LogP contribution in [-0.4, -0.2) is 67.4 Å². The molecule has 7 heteroatoms. The Balaban J connectivity index is 1.92. The molecule has 2 heterocycles. The predicted octanol–water partition coefficient (Wildman–Crippen LogP) is 1.89. The van der Waals surface area contributed by atoms with Crippen LogP contribution in [0.25, 0.3) is 0 Å². The Hall–Kier alpha value is -2.93. The average molecular weight is 382 g/mol. The van der Waals surface area contributed by atoms with Crippen molar-refractivity contribution in [1.29, 1.82) is 0 Å². The number of methoxy groups -OCH3 is 1. The number of amides is 2. The molecule has 1 unspecified atom stereocenters. The molecule has 28 heavy (non-hydrogen) atoms. The minimum Gasteiger partial charge on any atom is -0.496 e. The standard InChI is InChI=1S/C21H26N4O3/c1-14-15(9-10-17(23-14)21(27)24(2)3)20(26)25-12-11-22-13-18(25)16-7-5-6-8-19(16)28-4/h5-10,18,22H,11-13H2,1-4H3. The van der Waals surface area contributed by atoms with E-state index in [4.69, 9.17) is 4.74 Å². The smallest absolute Gasteiger partial charge is 0.271 e. The lowest BCUT2D eigenvalue weighted by Crippen LogP contribution is -2.49. The summed E-state index contributed by atoms with van der Waals surface area (Å²) in [5.74, 6) is 0.484. The highest BCUT2D eigenvalue weighted by molar-refractivity contribution is 5.97. The van der Waals surface area contributed by atoms with E-state index < -0.39 is 0 Å². The maximum atomic E-state index is 13.3. The molecule has 1 fully saturated rings. The fourth-order valence-corrected chi connectivity index (χ4v) is 3.46. The number of carbonyl (C=O) groups is 2. The molecule has 1 aliphatic heterocycles. The molecule has 1 aromatic heterocycles. The van der Waals surface area contributed by atoms with Crippen molar-refractivity contribution in [2.45, 2.75) is 13.0 Å². The van der Waals surface area contributed by atoms with Gasteiger partial charge < -0.3 is 19.9 Å². The molecule has 0 spiro atoms. The minimum absolute atomic E-state index is 0.0914. The van der Waals surface area contributed by atoms with Gasteiger partial charge in [-0.2, -0.15) is 0 Å². The summed E-state index contributed by atoms with van der Waals surface area (Å²) in [6.45, 7) is 3.72. The first kappa shape index (κ1) is 19.8. The number of carbonyl (C=O) groups excluding carboxylic acids is 2. The molecule has 1 aliphatic rings. The summed E-state index contributed by atoms with van der Waals surface area (Å²) in [4.78, 5) is 33.2. The van der Waals surface area contributed by atoms with Gasteiger partial charge in [0.25, 0.3) is 11.8 Å². The van der Waals surface area contributed by atoms with E-state index in [0.29, 0.717) is 30.0 Å². The maximum Gasteiger partial charge on any atom is 0.271 e. The van der Waals surface area contributed by atoms with Gasteiger partial charge in [-0.05, 0) is 25.1 Å². The maximum absolute atomic E-state index is 13.3. The molecule has 7 nitrogen and oxygen atoms in total. The van der Waals surface area contributed by atoms with Crippen molar-refractivity contribution < 1.29 is 14.3 Å². The van der Waals surface area contributed by atoms with Gasteiger partial charge in [-0.15, -0.1) is 0 Å². The molecule has 2 amide bonds. The topological polar surface area (TPSA) is 74.8 Å². The number of nitrogens with one attached hydrogen (secondary N) is 1. The molecule has 148 valence electrons. The number of benzene rings is 1. The summed E-state index contributed by atoms with van der Waals surface area (Å²) in [5.41, 5.74) is 2.36. The summed E-state index contributed by atoms with van der Waals surface area (Å²) in [6.07, 6.45) is 0. The van der Waals surface area contributed by atoms with E-state index in [-0.39, 0.29) is 17.9 Å². The quantitative estimate of drug-likeness (QED) is 0.874. The number of nitrogens with zero attached hydrogens (tertiary/aromatic N) is 3. The molecule has 0 radical (unpaired) electrons. The van der Waals surface area contributed by atoms with Crippen LogP contribution in [0.1, 0.15) is 38.1 Å². The molecule has 0 aliphatic carbocycles. The molecular weight excluding hydrogens is 356 g/mol. The van der Waals surface area contributed by atoms with Gasteiger partial charge in [0.15, 0.2) is 0 Å². The van der Waals surface area contributed by atoms with Crippen molar-refractivity contribution in [1.82, 2.24) is 20.1 Å². The van der Waals surface area contributed by atoms with E-state index in [2.05, 4.69) is 10.3 Å². The molecule has 1 aromatic carbocycles. The zero-order valence-electron chi connectivity index (χ0n) is 16.7. The molecule has 2 aromatic rings. The van der Waals surface area contributed by atoms with Gasteiger partial charge in [0.1, 0.15) is 11.4 Å². The van der Waals surface area contributed by atoms with Crippen molar-refractivity contribution in [3.05, 3.63) is 58.9 Å². The Morgan fingerprint density at radius 2 is 1.96 bits per heavy atom. The molecule has 3 rings (SSSR count). The molecule has 0 saturated carbocycles. The second kappa shape index (κ2) is 8.39. The van der Waals surface area contributed by atoms with Crippen molar-refractivity contribution in [2.75, 3.05) is 40.8 Å². The van der Waals surface area contributed by atoms with Crippen LogP contribution in [0.4, 0.5) is 0 Å². The number of aromatic nitrogens is 1. The van der Waals surface area contributed by atoms with Crippen LogP contribution >= 0.6 is 0 Å². The fraction of sp³-hybridized carbons (Fsp3) is 0.381. The number of piperazine rings is 1. The van der Waals surface area contributed by atoms with Gasteiger partial charge in [0, 0.05) is 39.3 Å². The van der Waals surface area contributed by atoms with Crippen LogP contribution < -0.4 is 10.1 Å². The molecule has 1 N–H and O–H groups in total. The molecule has 1 saturated heterocycles. The van der Waals surface area contributed by atoms with E-state index in [1.54, 1.807) is 40.3 Å². The zero-order valence-corrected chi connectivity index (χ0v) is 16.7. The van der Waals surface area contributed by atoms with E-state index in [9.17, 15) is 9.59 Å². The van der Waals surface area contributed by atoms with E-state index >= 15 is 0 Å². The third-order valence-corrected chi connectivity index (χ3v) is 4.94. The highest BCUT2D eigenvalue weighted by Gasteiger charge is 2.31. The number of para-hydroxylation sites is 1. The Morgan fingerprint density at radius 3 is 2.64 bits per heavy atom. The summed E-state index contributed by atoms with van der Waals surface area (Å²) < 4.78 is 5.50. The number of ether oxygens (including phenoxy) is 1. The first-order valence-electron chi connectivity index (χ1n) is 9.28. The van der Waals surface area contributed by atoms with E-state index in [1.807, 2.05) is 29.2 Å². The highest BCUT2D eigenvalue weighted by atomic mass is 16.5. The minimum atomic E-state index is -0.184. The summed E-state index contributed by atoms with van der Waals surface area (Å²) >= 11 is 0. The Kier molecular flexibility index (Phi) is 5.94. The number of rotatable bonds is 4. The van der Waals surface area contributed by atoms with Crippen LogP contribution in [0.2, 0.25) is 0 Å². The van der Waals surface area contributed by atoms with Crippen molar-refractivity contribution in [3.63, 3.8) is 0 Å². The third kappa shape index (κ3) is 3.84. The Labute approximate surface area is 165 Å². The first-order chi connectivity index (χ1) is 13.4. The van der Waals surface area contributed by atoms with Crippen LogP contribution in [0.5, 0.6) is 5.75 Å². The van der Waals surface area contributed by atoms with E-state index in [0.717, 1.165) is 17.9 Å². The van der Waals surface area contributed by atoms with Gasteiger partial charge in [-0.1, -0.05) is 18.2 Å². The van der Waals surface area contributed by atoms with Crippen molar-refractivity contribution >= 4 is 11.8 Å². The van der Waals surface area contributed by atoms with Crippen LogP contribution in [0.15, 0.2) is 36.4 Å². The number of hydrogen-bond acceptors (Lipinski definition) is 5. The van der Waals surface area contributed by atoms with Gasteiger partial charge in [0.05, 0.1) is 24.4 Å². The average Bonchev–Trinajstić information content (AvgIpc) is 2.72. The van der Waals surface area contributed by atoms with E-state index in [1.165, 1.54) is 4.90 Å². The number of aryl methyl sites for hydroxylation is 1. The monoisotopic (exact) mass is 382 g/mol. The predicted molar refractivity (Wildman–Crippen MR) is 107 cm³/mol. The summed E-state index contributed by atoms with van der Waals surface area (Å²) in [7, 11) is 4.99. The number of hydrogen-bond donors (Lipinski definition) is 1. The van der Waals surface area contributed by atoms with Gasteiger partial charge in [-0.25, -0.2) is 4.98 Å². The lowest BCUT2D eigenvalue weighted by atomic mass is 10.0. The molecule has 0 bridgehead atoms. The first-order valence-corrected chi connectivity index (χ1v) is 9.28. The number of pyridine rings is 1. The third-order valence-electron chi connectivity index (χ3n) is 4.94. The summed E-state index contributed by atoms with van der Waals surface area (Å²) in [5, 5.41) is 3.36. The van der Waals surface area contributed by atoms with Crippen LogP contribution in [-0.2, 0) is 0 Å². The summed E-state index contributed by atoms with van der Waals surface area (Å²) in [6, 6.07) is 10.9. The van der Waals surface area contributed by atoms with Crippen LogP contribution in [0.3, 0.4) is 0 Å². The molecule has 1 atom stereocenters. The molecular formula is C21H26N4O3. The lowest BCUT2D eigenvalue weighted by Gasteiger charge is -2.37. The van der Waals surface area contributed by atoms with Gasteiger partial charge in [0.2, 0.25) is 0 Å². The van der Waals surface area contributed by atoms with Crippen LogP contribution in [0, 0.1) is 6.92 Å². The lowest BCUT2D eigenvalue weighted by molar-refractivity contribution is 0.0629. The zero-order chi connectivity index (χ0) is 20.3.